The lowest BCUT2D eigenvalue weighted by Gasteiger charge is -2.23. The van der Waals surface area contributed by atoms with Gasteiger partial charge in [-0.25, -0.2) is 4.98 Å². The molecule has 1 saturated carbocycles. The van der Waals surface area contributed by atoms with Crippen molar-refractivity contribution in [1.82, 2.24) is 14.5 Å². The van der Waals surface area contributed by atoms with Gasteiger partial charge in [0.05, 0.1) is 17.0 Å². The van der Waals surface area contributed by atoms with Crippen molar-refractivity contribution in [2.24, 2.45) is 13.0 Å². The number of esters is 1. The molecule has 8 nitrogen and oxygen atoms in total. The number of hydrogen-bond acceptors (Lipinski definition) is 6. The van der Waals surface area contributed by atoms with Gasteiger partial charge in [0.15, 0.2) is 11.6 Å². The number of hydrogen-bond donors (Lipinski definition) is 1. The van der Waals surface area contributed by atoms with Crippen molar-refractivity contribution < 1.29 is 19.4 Å². The number of nitrogens with zero attached hydrogens (tertiary/aromatic N) is 4. The summed E-state index contributed by atoms with van der Waals surface area (Å²) in [6.07, 6.45) is 4.33. The molecule has 1 N–H and O–H groups in total. The number of aryl methyl sites for hydroxylation is 1. The third-order valence-electron chi connectivity index (χ3n) is 6.02. The second kappa shape index (κ2) is 8.19. The van der Waals surface area contributed by atoms with E-state index in [4.69, 9.17) is 4.74 Å². The lowest BCUT2D eigenvalue weighted by molar-refractivity contribution is -0.148. The molecule has 0 unspecified atom stereocenters. The van der Waals surface area contributed by atoms with E-state index >= 15 is 0 Å². The number of imidazole rings is 1. The van der Waals surface area contributed by atoms with Gasteiger partial charge in [0, 0.05) is 26.1 Å². The molecule has 30 heavy (non-hydrogen) atoms. The molecule has 0 bridgehead atoms. The average molecular weight is 408 g/mol. The number of carbonyl (C=O) groups excluding carboxylic acids is 2. The Morgan fingerprint density at radius 1 is 1.33 bits per heavy atom. The van der Waals surface area contributed by atoms with E-state index in [1.54, 1.807) is 16.5 Å². The number of rotatable bonds is 5. The van der Waals surface area contributed by atoms with Gasteiger partial charge >= 0.3 is 5.97 Å². The van der Waals surface area contributed by atoms with Gasteiger partial charge in [-0.05, 0) is 25.0 Å². The Morgan fingerprint density at radius 3 is 2.77 bits per heavy atom. The number of nitriles is 1. The molecule has 2 aliphatic rings. The smallest absolute Gasteiger partial charge is 0.311 e. The van der Waals surface area contributed by atoms with Crippen molar-refractivity contribution in [3.63, 3.8) is 0 Å². The van der Waals surface area contributed by atoms with Crippen molar-refractivity contribution >= 4 is 28.5 Å². The minimum absolute atomic E-state index is 0.0129. The number of aromatic nitrogens is 2. The van der Waals surface area contributed by atoms with E-state index in [1.807, 2.05) is 30.3 Å². The number of ether oxygens (including phenoxy) is 1. The molecule has 1 aromatic carbocycles. The molecule has 0 radical (unpaired) electrons. The number of aliphatic hydroxyl groups is 1. The van der Waals surface area contributed by atoms with E-state index in [2.05, 4.69) is 4.98 Å². The second-order valence-electron chi connectivity index (χ2n) is 7.91. The molecule has 1 aliphatic carbocycles. The quantitative estimate of drug-likeness (QED) is 0.463. The molecular weight excluding hydrogens is 384 g/mol. The van der Waals surface area contributed by atoms with Crippen molar-refractivity contribution in [3.05, 3.63) is 35.8 Å². The predicted molar refractivity (Wildman–Crippen MR) is 109 cm³/mol. The Hall–Kier alpha value is -3.34. The topological polar surface area (TPSA) is 108 Å². The highest BCUT2D eigenvalue weighted by atomic mass is 16.5. The summed E-state index contributed by atoms with van der Waals surface area (Å²) in [5.41, 5.74) is 1.47. The van der Waals surface area contributed by atoms with Crippen LogP contribution in [0, 0.1) is 17.2 Å². The number of amides is 1. The van der Waals surface area contributed by atoms with E-state index < -0.39 is 18.5 Å². The van der Waals surface area contributed by atoms with Crippen molar-refractivity contribution in [2.45, 2.75) is 38.1 Å². The van der Waals surface area contributed by atoms with Crippen LogP contribution in [0.2, 0.25) is 0 Å². The molecule has 1 atom stereocenters. The molecule has 1 saturated heterocycles. The molecule has 156 valence electrons. The standard InChI is InChI=1S/C22H24N4O4/c1-25-18-9-5-4-8-17(18)24-21(25)16(11-23)19(27)13-30-22(29)14-10-20(28)26(12-14)15-6-2-3-7-15/h4-5,8-9,14-15,27H,2-3,6-7,10,12-13H2,1H3/b19-16-/t14-/m1/s1. The van der Waals surface area contributed by atoms with Gasteiger partial charge in [0.25, 0.3) is 0 Å². The van der Waals surface area contributed by atoms with Crippen LogP contribution >= 0.6 is 0 Å². The van der Waals surface area contributed by atoms with Crippen molar-refractivity contribution in [2.75, 3.05) is 13.2 Å². The fraction of sp³-hybridized carbons (Fsp3) is 0.455. The highest BCUT2D eigenvalue weighted by molar-refractivity contribution is 5.87. The summed E-state index contributed by atoms with van der Waals surface area (Å²) in [5, 5.41) is 20.0. The van der Waals surface area contributed by atoms with E-state index in [0.717, 1.165) is 31.2 Å². The fourth-order valence-corrected chi connectivity index (χ4v) is 4.40. The molecule has 1 aliphatic heterocycles. The molecular formula is C22H24N4O4. The van der Waals surface area contributed by atoms with Crippen molar-refractivity contribution in [1.29, 1.82) is 5.26 Å². The predicted octanol–water partition coefficient (Wildman–Crippen LogP) is 2.70. The lowest BCUT2D eigenvalue weighted by atomic mass is 10.1. The summed E-state index contributed by atoms with van der Waals surface area (Å²) in [5.74, 6) is -1.14. The second-order valence-corrected chi connectivity index (χ2v) is 7.91. The maximum Gasteiger partial charge on any atom is 0.311 e. The summed E-state index contributed by atoms with van der Waals surface area (Å²) in [4.78, 5) is 31.0. The molecule has 8 heteroatoms. The van der Waals surface area contributed by atoms with Gasteiger partial charge < -0.3 is 19.3 Å². The summed E-state index contributed by atoms with van der Waals surface area (Å²) in [7, 11) is 1.75. The summed E-state index contributed by atoms with van der Waals surface area (Å²) in [6, 6.07) is 9.57. The van der Waals surface area contributed by atoms with Gasteiger partial charge in [0.2, 0.25) is 5.91 Å². The highest BCUT2D eigenvalue weighted by Gasteiger charge is 2.39. The Balaban J connectivity index is 1.44. The maximum atomic E-state index is 12.5. The van der Waals surface area contributed by atoms with Gasteiger partial charge in [-0.15, -0.1) is 0 Å². The molecule has 4 rings (SSSR count). The fourth-order valence-electron chi connectivity index (χ4n) is 4.40. The van der Waals surface area contributed by atoms with Gasteiger partial charge in [-0.2, -0.15) is 5.26 Å². The average Bonchev–Trinajstić information content (AvgIpc) is 3.47. The maximum absolute atomic E-state index is 12.5. The van der Waals surface area contributed by atoms with E-state index in [1.165, 1.54) is 0 Å². The first-order chi connectivity index (χ1) is 14.5. The summed E-state index contributed by atoms with van der Waals surface area (Å²) >= 11 is 0. The third kappa shape index (κ3) is 3.63. The first-order valence-electron chi connectivity index (χ1n) is 10.2. The number of para-hydroxylation sites is 2. The van der Waals surface area contributed by atoms with Crippen LogP contribution < -0.4 is 0 Å². The van der Waals surface area contributed by atoms with Gasteiger partial charge in [-0.3, -0.25) is 9.59 Å². The Morgan fingerprint density at radius 2 is 2.07 bits per heavy atom. The highest BCUT2D eigenvalue weighted by Crippen LogP contribution is 2.30. The zero-order chi connectivity index (χ0) is 21.3. The third-order valence-corrected chi connectivity index (χ3v) is 6.02. The van der Waals surface area contributed by atoms with Crippen LogP contribution in [0.4, 0.5) is 0 Å². The first kappa shape index (κ1) is 20.0. The Kier molecular flexibility index (Phi) is 5.44. The van der Waals surface area contributed by atoms with Gasteiger partial charge in [-0.1, -0.05) is 25.0 Å². The van der Waals surface area contributed by atoms with Crippen LogP contribution in [0.1, 0.15) is 37.9 Å². The minimum Gasteiger partial charge on any atom is -0.507 e. The monoisotopic (exact) mass is 408 g/mol. The minimum atomic E-state index is -0.535. The largest absolute Gasteiger partial charge is 0.507 e. The van der Waals surface area contributed by atoms with Crippen LogP contribution in [-0.4, -0.2) is 50.6 Å². The Labute approximate surface area is 174 Å². The molecule has 2 aromatic rings. The number of likely N-dealkylation sites (tertiary alicyclic amines) is 1. The van der Waals surface area contributed by atoms with Crippen LogP contribution in [-0.2, 0) is 21.4 Å². The Bertz CT molecular complexity index is 1060. The molecule has 2 heterocycles. The summed E-state index contributed by atoms with van der Waals surface area (Å²) in [6.45, 7) is -0.0677. The zero-order valence-corrected chi connectivity index (χ0v) is 16.9. The zero-order valence-electron chi connectivity index (χ0n) is 16.9. The molecule has 0 spiro atoms. The number of carbonyl (C=O) groups is 2. The first-order valence-corrected chi connectivity index (χ1v) is 10.2. The number of fused-ring (bicyclic) bond motifs is 1. The van der Waals surface area contributed by atoms with Crippen LogP contribution in [0.25, 0.3) is 16.6 Å². The van der Waals surface area contributed by atoms with E-state index in [-0.39, 0.29) is 29.7 Å². The van der Waals surface area contributed by atoms with Crippen LogP contribution in [0.15, 0.2) is 30.0 Å². The SMILES string of the molecule is Cn1c(/C(C#N)=C(\O)COC(=O)[C@@H]2CC(=O)N(C3CCCC3)C2)nc2ccccc21. The van der Waals surface area contributed by atoms with Gasteiger partial charge in [0.1, 0.15) is 18.2 Å². The van der Waals surface area contributed by atoms with Crippen LogP contribution in [0.3, 0.4) is 0 Å². The number of allylic oxidation sites excluding steroid dienone is 1. The number of benzene rings is 1. The molecule has 1 aromatic heterocycles. The van der Waals surface area contributed by atoms with E-state index in [0.29, 0.717) is 17.9 Å². The summed E-state index contributed by atoms with van der Waals surface area (Å²) < 4.78 is 6.96. The van der Waals surface area contributed by atoms with E-state index in [9.17, 15) is 20.0 Å². The lowest BCUT2D eigenvalue weighted by Crippen LogP contribution is -2.35. The molecule has 1 amide bonds. The van der Waals surface area contributed by atoms with Crippen LogP contribution in [0.5, 0.6) is 0 Å². The van der Waals surface area contributed by atoms with Crippen molar-refractivity contribution in [3.8, 4) is 6.07 Å². The normalized spacial score (nSPS) is 20.5. The molecule has 2 fully saturated rings. The number of aliphatic hydroxyl groups excluding tert-OH is 1.